The van der Waals surface area contributed by atoms with Gasteiger partial charge in [0.2, 0.25) is 0 Å². The third kappa shape index (κ3) is 2.55. The number of nitrogens with zero attached hydrogens (tertiary/aromatic N) is 1. The van der Waals surface area contributed by atoms with Crippen molar-refractivity contribution in [2.75, 3.05) is 18.5 Å². The minimum Gasteiger partial charge on any atom is -0.508 e. The largest absolute Gasteiger partial charge is 0.508 e. The Labute approximate surface area is 118 Å². The van der Waals surface area contributed by atoms with Gasteiger partial charge >= 0.3 is 0 Å². The summed E-state index contributed by atoms with van der Waals surface area (Å²) in [4.78, 5) is 0.101. The van der Waals surface area contributed by atoms with E-state index < -0.39 is 10.0 Å². The molecule has 20 heavy (non-hydrogen) atoms. The van der Waals surface area contributed by atoms with Crippen LogP contribution in [-0.4, -0.2) is 27.7 Å². The Bertz CT molecular complexity index is 695. The number of rotatable bonds is 4. The molecule has 106 valence electrons. The van der Waals surface area contributed by atoms with Crippen LogP contribution >= 0.6 is 0 Å². The summed E-state index contributed by atoms with van der Waals surface area (Å²) in [5.74, 6) is 0.487. The van der Waals surface area contributed by atoms with Gasteiger partial charge in [-0.05, 0) is 36.4 Å². The summed E-state index contributed by atoms with van der Waals surface area (Å²) in [5.41, 5.74) is 0.447. The number of aromatic hydroxyl groups is 1. The van der Waals surface area contributed by atoms with Gasteiger partial charge in [-0.2, -0.15) is 0 Å². The van der Waals surface area contributed by atoms with Crippen molar-refractivity contribution in [2.24, 2.45) is 0 Å². The molecule has 0 saturated carbocycles. The van der Waals surface area contributed by atoms with Crippen molar-refractivity contribution in [3.8, 4) is 11.5 Å². The summed E-state index contributed by atoms with van der Waals surface area (Å²) in [6, 6.07) is 12.2. The molecular weight excluding hydrogens is 278 g/mol. The van der Waals surface area contributed by atoms with Gasteiger partial charge in [0.15, 0.2) is 0 Å². The second-order valence-corrected chi connectivity index (χ2v) is 6.11. The van der Waals surface area contributed by atoms with Gasteiger partial charge in [0.1, 0.15) is 11.5 Å². The zero-order valence-electron chi connectivity index (χ0n) is 11.1. The lowest BCUT2D eigenvalue weighted by molar-refractivity contribution is 0.416. The van der Waals surface area contributed by atoms with E-state index in [4.69, 9.17) is 4.74 Å². The maximum Gasteiger partial charge on any atom is 0.264 e. The molecule has 2 aromatic carbocycles. The molecule has 0 spiro atoms. The molecule has 0 aliphatic rings. The topological polar surface area (TPSA) is 66.8 Å². The maximum absolute atomic E-state index is 12.5. The number of anilines is 1. The number of hydrogen-bond donors (Lipinski definition) is 1. The van der Waals surface area contributed by atoms with Crippen LogP contribution < -0.4 is 9.04 Å². The summed E-state index contributed by atoms with van der Waals surface area (Å²) < 4.78 is 31.3. The van der Waals surface area contributed by atoms with Crippen molar-refractivity contribution in [2.45, 2.75) is 4.90 Å². The third-order valence-corrected chi connectivity index (χ3v) is 4.71. The first-order valence-corrected chi connectivity index (χ1v) is 7.32. The van der Waals surface area contributed by atoms with Crippen LogP contribution in [-0.2, 0) is 10.0 Å². The second kappa shape index (κ2) is 5.42. The van der Waals surface area contributed by atoms with E-state index in [0.29, 0.717) is 11.4 Å². The lowest BCUT2D eigenvalue weighted by atomic mass is 10.3. The number of methoxy groups -OCH3 is 1. The SMILES string of the molecule is COc1ccccc1N(C)S(=O)(=O)c1ccc(O)cc1. The molecule has 0 aromatic heterocycles. The maximum atomic E-state index is 12.5. The van der Waals surface area contributed by atoms with Crippen LogP contribution in [0, 0.1) is 0 Å². The molecule has 2 rings (SSSR count). The number of ether oxygens (including phenoxy) is 1. The molecule has 5 nitrogen and oxygen atoms in total. The lowest BCUT2D eigenvalue weighted by Gasteiger charge is -2.21. The van der Waals surface area contributed by atoms with E-state index in [2.05, 4.69) is 0 Å². The van der Waals surface area contributed by atoms with Crippen molar-refractivity contribution >= 4 is 15.7 Å². The first kappa shape index (κ1) is 14.2. The van der Waals surface area contributed by atoms with Crippen LogP contribution in [0.4, 0.5) is 5.69 Å². The number of phenolic OH excluding ortho intramolecular Hbond substituents is 1. The highest BCUT2D eigenvalue weighted by molar-refractivity contribution is 7.92. The van der Waals surface area contributed by atoms with Gasteiger partial charge in [0.25, 0.3) is 10.0 Å². The summed E-state index contributed by atoms with van der Waals surface area (Å²) >= 11 is 0. The van der Waals surface area contributed by atoms with Gasteiger partial charge in [-0.3, -0.25) is 4.31 Å². The van der Waals surface area contributed by atoms with Gasteiger partial charge in [0, 0.05) is 7.05 Å². The first-order chi connectivity index (χ1) is 9.46. The van der Waals surface area contributed by atoms with E-state index in [-0.39, 0.29) is 10.6 Å². The van der Waals surface area contributed by atoms with E-state index in [1.165, 1.54) is 38.4 Å². The van der Waals surface area contributed by atoms with Gasteiger partial charge < -0.3 is 9.84 Å². The van der Waals surface area contributed by atoms with Crippen LogP contribution in [0.15, 0.2) is 53.4 Å². The molecule has 0 atom stereocenters. The summed E-state index contributed by atoms with van der Waals surface area (Å²) in [7, 11) is -0.755. The van der Waals surface area contributed by atoms with Crippen molar-refractivity contribution < 1.29 is 18.3 Å². The molecule has 0 bridgehead atoms. The number of hydrogen-bond acceptors (Lipinski definition) is 4. The molecule has 0 amide bonds. The zero-order valence-corrected chi connectivity index (χ0v) is 12.0. The van der Waals surface area contributed by atoms with Gasteiger partial charge in [0.05, 0.1) is 17.7 Å². The predicted octanol–water partition coefficient (Wildman–Crippen LogP) is 2.23. The molecule has 0 heterocycles. The predicted molar refractivity (Wildman–Crippen MR) is 76.7 cm³/mol. The van der Waals surface area contributed by atoms with E-state index in [1.807, 2.05) is 0 Å². The molecule has 0 aliphatic heterocycles. The zero-order chi connectivity index (χ0) is 14.8. The standard InChI is InChI=1S/C14H15NO4S/c1-15(13-5-3-4-6-14(13)19-2)20(17,18)12-9-7-11(16)8-10-12/h3-10,16H,1-2H3. The number of phenols is 1. The normalized spacial score (nSPS) is 11.1. The summed E-state index contributed by atoms with van der Waals surface area (Å²) in [6.07, 6.45) is 0. The molecular formula is C14H15NO4S. The second-order valence-electron chi connectivity index (χ2n) is 4.14. The highest BCUT2D eigenvalue weighted by Crippen LogP contribution is 2.31. The highest BCUT2D eigenvalue weighted by Gasteiger charge is 2.23. The smallest absolute Gasteiger partial charge is 0.264 e. The molecule has 0 radical (unpaired) electrons. The first-order valence-electron chi connectivity index (χ1n) is 5.88. The van der Waals surface area contributed by atoms with E-state index in [9.17, 15) is 13.5 Å². The fourth-order valence-electron chi connectivity index (χ4n) is 1.80. The summed E-state index contributed by atoms with van der Waals surface area (Å²) in [6.45, 7) is 0. The fraction of sp³-hybridized carbons (Fsp3) is 0.143. The molecule has 0 aliphatic carbocycles. The van der Waals surface area contributed by atoms with Gasteiger partial charge in [-0.1, -0.05) is 12.1 Å². The van der Waals surface area contributed by atoms with Crippen molar-refractivity contribution in [3.63, 3.8) is 0 Å². The number of benzene rings is 2. The molecule has 0 fully saturated rings. The van der Waals surface area contributed by atoms with Crippen molar-refractivity contribution in [1.82, 2.24) is 0 Å². The van der Waals surface area contributed by atoms with Crippen LogP contribution in [0.1, 0.15) is 0 Å². The van der Waals surface area contributed by atoms with Crippen molar-refractivity contribution in [3.05, 3.63) is 48.5 Å². The molecule has 2 aromatic rings. The van der Waals surface area contributed by atoms with Crippen molar-refractivity contribution in [1.29, 1.82) is 0 Å². The van der Waals surface area contributed by atoms with Crippen LogP contribution in [0.2, 0.25) is 0 Å². The third-order valence-electron chi connectivity index (χ3n) is 2.92. The Morgan fingerprint density at radius 1 is 1.05 bits per heavy atom. The van der Waals surface area contributed by atoms with Crippen LogP contribution in [0.3, 0.4) is 0 Å². The molecule has 0 unspecified atom stereocenters. The van der Waals surface area contributed by atoms with E-state index in [0.717, 1.165) is 4.31 Å². The monoisotopic (exact) mass is 293 g/mol. The minimum absolute atomic E-state index is 0.0175. The Kier molecular flexibility index (Phi) is 3.85. The number of para-hydroxylation sites is 2. The Balaban J connectivity index is 2.46. The Morgan fingerprint density at radius 3 is 2.25 bits per heavy atom. The van der Waals surface area contributed by atoms with E-state index >= 15 is 0 Å². The molecule has 6 heteroatoms. The van der Waals surface area contributed by atoms with Gasteiger partial charge in [-0.15, -0.1) is 0 Å². The average Bonchev–Trinajstić information content (AvgIpc) is 2.46. The van der Waals surface area contributed by atoms with Crippen LogP contribution in [0.5, 0.6) is 11.5 Å². The van der Waals surface area contributed by atoms with E-state index in [1.54, 1.807) is 24.3 Å². The highest BCUT2D eigenvalue weighted by atomic mass is 32.2. The van der Waals surface area contributed by atoms with Gasteiger partial charge in [-0.25, -0.2) is 8.42 Å². The minimum atomic E-state index is -3.70. The Hall–Kier alpha value is -2.21. The quantitative estimate of drug-likeness (QED) is 0.938. The van der Waals surface area contributed by atoms with Crippen LogP contribution in [0.25, 0.3) is 0 Å². The summed E-state index contributed by atoms with van der Waals surface area (Å²) in [5, 5.41) is 9.23. The average molecular weight is 293 g/mol. The number of sulfonamides is 1. The fourth-order valence-corrected chi connectivity index (χ4v) is 3.00. The molecule has 0 saturated heterocycles. The Morgan fingerprint density at radius 2 is 1.65 bits per heavy atom. The molecule has 1 N–H and O–H groups in total. The lowest BCUT2D eigenvalue weighted by Crippen LogP contribution is -2.26.